The van der Waals surface area contributed by atoms with E-state index in [0.29, 0.717) is 24.6 Å². The first-order valence-electron chi connectivity index (χ1n) is 8.14. The number of likely N-dealkylation sites (tertiary alicyclic amines) is 1. The lowest BCUT2D eigenvalue weighted by molar-refractivity contribution is 0.0788. The lowest BCUT2D eigenvalue weighted by Gasteiger charge is -2.18. The van der Waals surface area contributed by atoms with Gasteiger partial charge in [-0.1, -0.05) is 36.4 Å². The topological polar surface area (TPSA) is 53.4 Å². The minimum Gasteiger partial charge on any atom is -0.507 e. The molecule has 1 aromatic heterocycles. The van der Waals surface area contributed by atoms with Crippen molar-refractivity contribution in [3.63, 3.8) is 0 Å². The Kier molecular flexibility index (Phi) is 3.65. The van der Waals surface area contributed by atoms with E-state index in [0.717, 1.165) is 17.3 Å². The molecule has 1 fully saturated rings. The van der Waals surface area contributed by atoms with Crippen molar-refractivity contribution in [1.29, 1.82) is 0 Å². The van der Waals surface area contributed by atoms with E-state index in [1.807, 2.05) is 35.2 Å². The molecular weight excluding hydrogens is 300 g/mol. The molecule has 0 aliphatic carbocycles. The predicted molar refractivity (Wildman–Crippen MR) is 93.1 cm³/mol. The van der Waals surface area contributed by atoms with Crippen LogP contribution in [0.25, 0.3) is 10.9 Å². The van der Waals surface area contributed by atoms with Gasteiger partial charge in [-0.05, 0) is 30.2 Å². The molecule has 1 aliphatic heterocycles. The molecule has 1 aliphatic rings. The number of carbonyl (C=O) groups excluding carboxylic acids is 1. The van der Waals surface area contributed by atoms with Crippen LogP contribution in [0.5, 0.6) is 5.75 Å². The van der Waals surface area contributed by atoms with Gasteiger partial charge in [0.15, 0.2) is 0 Å². The second-order valence-electron chi connectivity index (χ2n) is 6.21. The number of rotatable bonds is 2. The van der Waals surface area contributed by atoms with Gasteiger partial charge in [0.05, 0.1) is 11.1 Å². The molecule has 3 aromatic rings. The number of fused-ring (bicyclic) bond motifs is 1. The third-order valence-electron chi connectivity index (χ3n) is 4.70. The number of hydrogen-bond donors (Lipinski definition) is 1. The normalized spacial score (nSPS) is 17.3. The predicted octanol–water partition coefficient (Wildman–Crippen LogP) is 3.57. The number of aromatic hydroxyl groups is 1. The maximum atomic E-state index is 12.8. The zero-order valence-corrected chi connectivity index (χ0v) is 13.2. The van der Waals surface area contributed by atoms with Crippen LogP contribution < -0.4 is 0 Å². The van der Waals surface area contributed by atoms with Gasteiger partial charge in [-0.15, -0.1) is 0 Å². The highest BCUT2D eigenvalue weighted by molar-refractivity contribution is 6.00. The van der Waals surface area contributed by atoms with Crippen LogP contribution in [0.1, 0.15) is 28.3 Å². The molecular formula is C20H18N2O2. The fraction of sp³-hybridized carbons (Fsp3) is 0.200. The first-order chi connectivity index (χ1) is 11.7. The number of carbonyl (C=O) groups is 1. The first-order valence-corrected chi connectivity index (χ1v) is 8.14. The van der Waals surface area contributed by atoms with Gasteiger partial charge in [0.1, 0.15) is 5.75 Å². The molecule has 0 radical (unpaired) electrons. The van der Waals surface area contributed by atoms with Gasteiger partial charge >= 0.3 is 0 Å². The van der Waals surface area contributed by atoms with Crippen molar-refractivity contribution in [2.24, 2.45) is 0 Å². The lowest BCUT2D eigenvalue weighted by atomic mass is 9.99. The summed E-state index contributed by atoms with van der Waals surface area (Å²) in [7, 11) is 0. The summed E-state index contributed by atoms with van der Waals surface area (Å²) in [6.45, 7) is 1.39. The largest absolute Gasteiger partial charge is 0.507 e. The van der Waals surface area contributed by atoms with Crippen LogP contribution in [-0.4, -0.2) is 34.0 Å². The number of nitrogens with zero attached hydrogens (tertiary/aromatic N) is 2. The molecule has 2 aromatic carbocycles. The van der Waals surface area contributed by atoms with Gasteiger partial charge in [0.2, 0.25) is 0 Å². The van der Waals surface area contributed by atoms with E-state index in [4.69, 9.17) is 0 Å². The molecule has 1 saturated heterocycles. The Morgan fingerprint density at radius 1 is 1.12 bits per heavy atom. The second kappa shape index (κ2) is 5.96. The summed E-state index contributed by atoms with van der Waals surface area (Å²) in [6, 6.07) is 17.3. The molecule has 4 nitrogen and oxygen atoms in total. The van der Waals surface area contributed by atoms with Crippen molar-refractivity contribution < 1.29 is 9.90 Å². The molecule has 1 unspecified atom stereocenters. The van der Waals surface area contributed by atoms with E-state index in [1.54, 1.807) is 18.3 Å². The third kappa shape index (κ3) is 2.60. The van der Waals surface area contributed by atoms with Crippen LogP contribution in [0, 0.1) is 0 Å². The zero-order valence-electron chi connectivity index (χ0n) is 13.2. The van der Waals surface area contributed by atoms with E-state index in [2.05, 4.69) is 17.1 Å². The zero-order chi connectivity index (χ0) is 16.5. The summed E-state index contributed by atoms with van der Waals surface area (Å²) in [6.07, 6.45) is 2.64. The lowest BCUT2D eigenvalue weighted by Crippen LogP contribution is -2.28. The van der Waals surface area contributed by atoms with Gasteiger partial charge < -0.3 is 10.0 Å². The van der Waals surface area contributed by atoms with E-state index in [-0.39, 0.29) is 11.7 Å². The fourth-order valence-electron chi connectivity index (χ4n) is 3.39. The number of pyridine rings is 1. The Bertz CT molecular complexity index is 893. The number of phenols is 1. The van der Waals surface area contributed by atoms with Gasteiger partial charge in [0.25, 0.3) is 5.91 Å². The van der Waals surface area contributed by atoms with Gasteiger partial charge in [-0.2, -0.15) is 0 Å². The standard InChI is InChI=1S/C20H18N2O2/c23-19-11-15-7-4-9-21-18(15)12-17(19)20(24)22-10-8-16(13-22)14-5-2-1-3-6-14/h1-7,9,11-12,16,23H,8,10,13H2. The van der Waals surface area contributed by atoms with Crippen LogP contribution in [0.2, 0.25) is 0 Å². The minimum absolute atomic E-state index is 0.0173. The molecule has 4 heteroatoms. The molecule has 4 rings (SSSR count). The van der Waals surface area contributed by atoms with Crippen molar-refractivity contribution in [2.45, 2.75) is 12.3 Å². The average Bonchev–Trinajstić information content (AvgIpc) is 3.11. The van der Waals surface area contributed by atoms with Crippen molar-refractivity contribution in [2.75, 3.05) is 13.1 Å². The van der Waals surface area contributed by atoms with Gasteiger partial charge in [-0.25, -0.2) is 0 Å². The van der Waals surface area contributed by atoms with Crippen LogP contribution in [0.3, 0.4) is 0 Å². The Hall–Kier alpha value is -2.88. The smallest absolute Gasteiger partial charge is 0.257 e. The number of amides is 1. The average molecular weight is 318 g/mol. The summed E-state index contributed by atoms with van der Waals surface area (Å²) in [5.74, 6) is 0.248. The molecule has 0 bridgehead atoms. The summed E-state index contributed by atoms with van der Waals surface area (Å²) in [5.41, 5.74) is 2.31. The van der Waals surface area contributed by atoms with E-state index in [1.165, 1.54) is 5.56 Å². The Balaban J connectivity index is 1.59. The molecule has 0 spiro atoms. The highest BCUT2D eigenvalue weighted by Gasteiger charge is 2.29. The Morgan fingerprint density at radius 3 is 2.79 bits per heavy atom. The maximum Gasteiger partial charge on any atom is 0.257 e. The maximum absolute atomic E-state index is 12.8. The molecule has 120 valence electrons. The highest BCUT2D eigenvalue weighted by Crippen LogP contribution is 2.30. The molecule has 1 amide bonds. The molecule has 2 heterocycles. The molecule has 0 saturated carbocycles. The van der Waals surface area contributed by atoms with Crippen LogP contribution in [0.4, 0.5) is 0 Å². The number of phenolic OH excluding ortho intramolecular Hbond substituents is 1. The van der Waals surface area contributed by atoms with Crippen LogP contribution in [-0.2, 0) is 0 Å². The summed E-state index contributed by atoms with van der Waals surface area (Å²) < 4.78 is 0. The van der Waals surface area contributed by atoms with E-state index < -0.39 is 0 Å². The van der Waals surface area contributed by atoms with E-state index in [9.17, 15) is 9.90 Å². The minimum atomic E-state index is -0.126. The van der Waals surface area contributed by atoms with Gasteiger partial charge in [-0.3, -0.25) is 9.78 Å². The van der Waals surface area contributed by atoms with Crippen molar-refractivity contribution in [1.82, 2.24) is 9.88 Å². The fourth-order valence-corrected chi connectivity index (χ4v) is 3.39. The first kappa shape index (κ1) is 14.7. The molecule has 1 atom stereocenters. The Morgan fingerprint density at radius 2 is 1.96 bits per heavy atom. The Labute approximate surface area is 140 Å². The number of aromatic nitrogens is 1. The third-order valence-corrected chi connectivity index (χ3v) is 4.70. The molecule has 24 heavy (non-hydrogen) atoms. The monoisotopic (exact) mass is 318 g/mol. The van der Waals surface area contributed by atoms with Crippen molar-refractivity contribution in [3.05, 3.63) is 71.9 Å². The molecule has 1 N–H and O–H groups in total. The highest BCUT2D eigenvalue weighted by atomic mass is 16.3. The summed E-state index contributed by atoms with van der Waals surface area (Å²) >= 11 is 0. The van der Waals surface area contributed by atoms with Crippen molar-refractivity contribution in [3.8, 4) is 5.75 Å². The summed E-state index contributed by atoms with van der Waals surface area (Å²) in [5, 5.41) is 11.1. The van der Waals surface area contributed by atoms with Gasteiger partial charge in [0, 0.05) is 30.6 Å². The summed E-state index contributed by atoms with van der Waals surface area (Å²) in [4.78, 5) is 18.9. The number of hydrogen-bond acceptors (Lipinski definition) is 3. The van der Waals surface area contributed by atoms with E-state index >= 15 is 0 Å². The second-order valence-corrected chi connectivity index (χ2v) is 6.21. The number of benzene rings is 2. The quantitative estimate of drug-likeness (QED) is 0.786. The van der Waals surface area contributed by atoms with Crippen LogP contribution in [0.15, 0.2) is 60.8 Å². The SMILES string of the molecule is O=C(c1cc2ncccc2cc1O)N1CCC(c2ccccc2)C1. The van der Waals surface area contributed by atoms with Crippen molar-refractivity contribution >= 4 is 16.8 Å². The van der Waals surface area contributed by atoms with Crippen LogP contribution >= 0.6 is 0 Å².